The van der Waals surface area contributed by atoms with Gasteiger partial charge in [-0.1, -0.05) is 6.92 Å². The van der Waals surface area contributed by atoms with E-state index >= 15 is 0 Å². The summed E-state index contributed by atoms with van der Waals surface area (Å²) in [5.41, 5.74) is 0.843. The van der Waals surface area contributed by atoms with Crippen LogP contribution in [-0.2, 0) is 13.0 Å². The lowest BCUT2D eigenvalue weighted by Crippen LogP contribution is -2.39. The molecule has 4 heterocycles. The summed E-state index contributed by atoms with van der Waals surface area (Å²) in [5.74, 6) is 1.49. The first-order valence-electron chi connectivity index (χ1n) is 8.38. The Balaban J connectivity index is 1.79. The van der Waals surface area contributed by atoms with Crippen LogP contribution in [0.5, 0.6) is 0 Å². The quantitative estimate of drug-likeness (QED) is 0.807. The van der Waals surface area contributed by atoms with E-state index in [2.05, 4.69) is 11.9 Å². The second-order valence-electron chi connectivity index (χ2n) is 6.82. The summed E-state index contributed by atoms with van der Waals surface area (Å²) >= 11 is 1.39. The van der Waals surface area contributed by atoms with Crippen LogP contribution in [0.25, 0.3) is 10.2 Å². The Labute approximate surface area is 138 Å². The molecule has 122 valence electrons. The molecule has 1 atom stereocenters. The van der Waals surface area contributed by atoms with E-state index in [4.69, 9.17) is 0 Å². The number of carbonyl (C=O) groups is 1. The Kier molecular flexibility index (Phi) is 3.52. The summed E-state index contributed by atoms with van der Waals surface area (Å²) in [5, 5.41) is 0.647. The highest BCUT2D eigenvalue weighted by molar-refractivity contribution is 7.20. The Morgan fingerprint density at radius 3 is 2.91 bits per heavy atom. The molecule has 1 saturated heterocycles. The van der Waals surface area contributed by atoms with Crippen LogP contribution in [0.1, 0.15) is 47.2 Å². The molecule has 0 bridgehead atoms. The SMILES string of the molecule is Cc1c(C(=O)N2CCC[C@@H](C)C2)sc2nc3n(c(=O)c12)CCC3. The van der Waals surface area contributed by atoms with Crippen molar-refractivity contribution in [3.05, 3.63) is 26.6 Å². The molecule has 0 aromatic carbocycles. The lowest BCUT2D eigenvalue weighted by molar-refractivity contribution is 0.0687. The van der Waals surface area contributed by atoms with Gasteiger partial charge < -0.3 is 4.90 Å². The van der Waals surface area contributed by atoms with E-state index in [1.165, 1.54) is 17.8 Å². The average Bonchev–Trinajstić information content (AvgIpc) is 3.12. The number of amides is 1. The van der Waals surface area contributed by atoms with Crippen molar-refractivity contribution in [3.8, 4) is 0 Å². The number of thiophene rings is 1. The lowest BCUT2D eigenvalue weighted by Gasteiger charge is -2.30. The first-order chi connectivity index (χ1) is 11.1. The normalized spacial score (nSPS) is 21.0. The fourth-order valence-electron chi connectivity index (χ4n) is 3.80. The molecule has 0 aliphatic carbocycles. The van der Waals surface area contributed by atoms with Crippen LogP contribution in [0.15, 0.2) is 4.79 Å². The summed E-state index contributed by atoms with van der Waals surface area (Å²) in [4.78, 5) is 33.6. The molecule has 2 aliphatic rings. The molecule has 5 nitrogen and oxygen atoms in total. The standard InChI is InChI=1S/C17H21N3O2S/c1-10-5-3-7-19(9-10)17(22)14-11(2)13-15(23-14)18-12-6-4-8-20(12)16(13)21/h10H,3-9H2,1-2H3/t10-/m1/s1. The van der Waals surface area contributed by atoms with E-state index < -0.39 is 0 Å². The van der Waals surface area contributed by atoms with Crippen molar-refractivity contribution in [2.45, 2.75) is 46.1 Å². The van der Waals surface area contributed by atoms with Gasteiger partial charge in [0.1, 0.15) is 10.7 Å². The van der Waals surface area contributed by atoms with Gasteiger partial charge in [0.15, 0.2) is 0 Å². The zero-order chi connectivity index (χ0) is 16.1. The number of nitrogens with zero attached hydrogens (tertiary/aromatic N) is 3. The van der Waals surface area contributed by atoms with Crippen molar-refractivity contribution in [1.29, 1.82) is 0 Å². The largest absolute Gasteiger partial charge is 0.338 e. The van der Waals surface area contributed by atoms with Crippen LogP contribution in [0.2, 0.25) is 0 Å². The number of hydrogen-bond donors (Lipinski definition) is 0. The molecule has 4 rings (SSSR count). The third-order valence-electron chi connectivity index (χ3n) is 5.05. The molecule has 0 spiro atoms. The highest BCUT2D eigenvalue weighted by Crippen LogP contribution is 2.30. The average molecular weight is 331 g/mol. The molecular weight excluding hydrogens is 310 g/mol. The number of carbonyl (C=O) groups excluding carboxylic acids is 1. The van der Waals surface area contributed by atoms with Crippen LogP contribution in [0.3, 0.4) is 0 Å². The number of hydrogen-bond acceptors (Lipinski definition) is 4. The Bertz CT molecular complexity index is 852. The van der Waals surface area contributed by atoms with E-state index in [0.717, 1.165) is 55.1 Å². The number of fused-ring (bicyclic) bond motifs is 2. The second-order valence-corrected chi connectivity index (χ2v) is 7.82. The van der Waals surface area contributed by atoms with E-state index in [9.17, 15) is 9.59 Å². The molecule has 2 aromatic rings. The minimum Gasteiger partial charge on any atom is -0.338 e. The van der Waals surface area contributed by atoms with Gasteiger partial charge in [0, 0.05) is 26.1 Å². The third kappa shape index (κ3) is 2.31. The minimum atomic E-state index is 0.0299. The highest BCUT2D eigenvalue weighted by atomic mass is 32.1. The van der Waals surface area contributed by atoms with Gasteiger partial charge in [-0.2, -0.15) is 0 Å². The first kappa shape index (κ1) is 14.9. The minimum absolute atomic E-state index is 0.0299. The summed E-state index contributed by atoms with van der Waals surface area (Å²) in [6.45, 7) is 6.47. The fraction of sp³-hybridized carbons (Fsp3) is 0.588. The van der Waals surface area contributed by atoms with Crippen molar-refractivity contribution >= 4 is 27.5 Å². The number of piperidine rings is 1. The topological polar surface area (TPSA) is 55.2 Å². The van der Waals surface area contributed by atoms with Crippen LogP contribution < -0.4 is 5.56 Å². The first-order valence-corrected chi connectivity index (χ1v) is 9.20. The van der Waals surface area contributed by atoms with Gasteiger partial charge >= 0.3 is 0 Å². The Morgan fingerprint density at radius 2 is 2.13 bits per heavy atom. The van der Waals surface area contributed by atoms with Gasteiger partial charge in [-0.25, -0.2) is 4.98 Å². The summed E-state index contributed by atoms with van der Waals surface area (Å²) in [6.07, 6.45) is 4.09. The monoisotopic (exact) mass is 331 g/mol. The number of rotatable bonds is 1. The predicted molar refractivity (Wildman–Crippen MR) is 91.2 cm³/mol. The molecule has 0 radical (unpaired) electrons. The molecule has 2 aliphatic heterocycles. The van der Waals surface area contributed by atoms with Crippen LogP contribution in [0.4, 0.5) is 0 Å². The smallest absolute Gasteiger partial charge is 0.264 e. The van der Waals surface area contributed by atoms with Crippen molar-refractivity contribution in [3.63, 3.8) is 0 Å². The summed E-state index contributed by atoms with van der Waals surface area (Å²) < 4.78 is 1.78. The van der Waals surface area contributed by atoms with Crippen molar-refractivity contribution in [1.82, 2.24) is 14.5 Å². The van der Waals surface area contributed by atoms with Gasteiger partial charge in [0.25, 0.3) is 11.5 Å². The molecule has 2 aromatic heterocycles. The highest BCUT2D eigenvalue weighted by Gasteiger charge is 2.27. The van der Waals surface area contributed by atoms with E-state index in [-0.39, 0.29) is 11.5 Å². The van der Waals surface area contributed by atoms with Gasteiger partial charge in [0.05, 0.1) is 10.3 Å². The maximum Gasteiger partial charge on any atom is 0.264 e. The second kappa shape index (κ2) is 5.44. The van der Waals surface area contributed by atoms with E-state index in [1.807, 2.05) is 11.8 Å². The molecule has 0 saturated carbocycles. The zero-order valence-corrected chi connectivity index (χ0v) is 14.4. The molecular formula is C17H21N3O2S. The van der Waals surface area contributed by atoms with Crippen molar-refractivity contribution < 1.29 is 4.79 Å². The van der Waals surface area contributed by atoms with E-state index in [1.54, 1.807) is 4.57 Å². The fourth-order valence-corrected chi connectivity index (χ4v) is 4.96. The number of aryl methyl sites for hydroxylation is 2. The number of likely N-dealkylation sites (tertiary alicyclic amines) is 1. The van der Waals surface area contributed by atoms with Crippen molar-refractivity contribution in [2.24, 2.45) is 5.92 Å². The molecule has 1 amide bonds. The molecule has 1 fully saturated rings. The number of aromatic nitrogens is 2. The summed E-state index contributed by atoms with van der Waals surface area (Å²) in [7, 11) is 0. The van der Waals surface area contributed by atoms with Gasteiger partial charge in [0.2, 0.25) is 0 Å². The lowest BCUT2D eigenvalue weighted by atomic mass is 10.00. The third-order valence-corrected chi connectivity index (χ3v) is 6.22. The molecule has 23 heavy (non-hydrogen) atoms. The van der Waals surface area contributed by atoms with Crippen LogP contribution >= 0.6 is 11.3 Å². The van der Waals surface area contributed by atoms with Gasteiger partial charge in [-0.3, -0.25) is 14.2 Å². The molecule has 6 heteroatoms. The zero-order valence-electron chi connectivity index (χ0n) is 13.6. The molecule has 0 N–H and O–H groups in total. The summed E-state index contributed by atoms with van der Waals surface area (Å²) in [6, 6.07) is 0. The Morgan fingerprint density at radius 1 is 1.30 bits per heavy atom. The van der Waals surface area contributed by atoms with E-state index in [0.29, 0.717) is 16.2 Å². The van der Waals surface area contributed by atoms with Gasteiger partial charge in [-0.05, 0) is 37.7 Å². The molecule has 0 unspecified atom stereocenters. The van der Waals surface area contributed by atoms with Crippen LogP contribution in [0, 0.1) is 12.8 Å². The van der Waals surface area contributed by atoms with Gasteiger partial charge in [-0.15, -0.1) is 11.3 Å². The Hall–Kier alpha value is -1.69. The maximum atomic E-state index is 12.9. The van der Waals surface area contributed by atoms with Crippen molar-refractivity contribution in [2.75, 3.05) is 13.1 Å². The van der Waals surface area contributed by atoms with Crippen LogP contribution in [-0.4, -0.2) is 33.4 Å². The maximum absolute atomic E-state index is 12.9. The predicted octanol–water partition coefficient (Wildman–Crippen LogP) is 2.58.